The fourth-order valence-corrected chi connectivity index (χ4v) is 2.88. The average Bonchev–Trinajstić information content (AvgIpc) is 3.06. The van der Waals surface area contributed by atoms with Gasteiger partial charge >= 0.3 is 0 Å². The van der Waals surface area contributed by atoms with Gasteiger partial charge in [-0.2, -0.15) is 5.10 Å². The summed E-state index contributed by atoms with van der Waals surface area (Å²) in [6, 6.07) is 16.0. The minimum absolute atomic E-state index is 0.123. The number of hydrogen-bond donors (Lipinski definition) is 1. The second-order valence-electron chi connectivity index (χ2n) is 5.00. The third kappa shape index (κ3) is 4.11. The fourth-order valence-electron chi connectivity index (χ4n) is 2.06. The predicted molar refractivity (Wildman–Crippen MR) is 93.4 cm³/mol. The normalized spacial score (nSPS) is 10.9. The van der Waals surface area contributed by atoms with E-state index < -0.39 is 0 Å². The van der Waals surface area contributed by atoms with Crippen LogP contribution in [0, 0.1) is 5.82 Å². The highest BCUT2D eigenvalue weighted by atomic mass is 32.1. The van der Waals surface area contributed by atoms with Gasteiger partial charge in [-0.15, -0.1) is 11.3 Å². The largest absolute Gasteiger partial charge is 0.273 e. The number of aromatic nitrogens is 1. The van der Waals surface area contributed by atoms with Crippen molar-refractivity contribution in [3.63, 3.8) is 0 Å². The van der Waals surface area contributed by atoms with Crippen LogP contribution in [0.4, 0.5) is 4.39 Å². The summed E-state index contributed by atoms with van der Waals surface area (Å²) in [5, 5.41) is 6.49. The van der Waals surface area contributed by atoms with Crippen LogP contribution in [0.1, 0.15) is 11.3 Å². The molecule has 0 aliphatic carbocycles. The van der Waals surface area contributed by atoms with Gasteiger partial charge in [-0.1, -0.05) is 48.5 Å². The van der Waals surface area contributed by atoms with Crippen molar-refractivity contribution in [3.8, 4) is 10.6 Å². The summed E-state index contributed by atoms with van der Waals surface area (Å²) in [5.41, 5.74) is 4.40. The fraction of sp³-hybridized carbons (Fsp3) is 0.0556. The van der Waals surface area contributed by atoms with E-state index in [1.807, 2.05) is 35.7 Å². The van der Waals surface area contributed by atoms with Crippen LogP contribution in [0.2, 0.25) is 0 Å². The van der Waals surface area contributed by atoms with Crippen molar-refractivity contribution in [2.24, 2.45) is 5.10 Å². The van der Waals surface area contributed by atoms with Gasteiger partial charge in [0.2, 0.25) is 5.91 Å². The van der Waals surface area contributed by atoms with Crippen molar-refractivity contribution in [3.05, 3.63) is 77.1 Å². The number of benzene rings is 2. The molecule has 0 atom stereocenters. The molecule has 0 saturated carbocycles. The van der Waals surface area contributed by atoms with E-state index in [1.165, 1.54) is 23.6 Å². The zero-order valence-corrected chi connectivity index (χ0v) is 13.5. The lowest BCUT2D eigenvalue weighted by Crippen LogP contribution is -2.20. The average molecular weight is 339 g/mol. The van der Waals surface area contributed by atoms with Crippen molar-refractivity contribution < 1.29 is 9.18 Å². The second kappa shape index (κ2) is 7.61. The first-order valence-electron chi connectivity index (χ1n) is 7.28. The first kappa shape index (κ1) is 16.0. The number of rotatable bonds is 5. The Morgan fingerprint density at radius 1 is 1.17 bits per heavy atom. The first-order chi connectivity index (χ1) is 11.7. The quantitative estimate of drug-likeness (QED) is 0.570. The van der Waals surface area contributed by atoms with Crippen LogP contribution in [0.5, 0.6) is 0 Å². The Morgan fingerprint density at radius 3 is 2.71 bits per heavy atom. The van der Waals surface area contributed by atoms with Gasteiger partial charge in [-0.25, -0.2) is 14.8 Å². The molecule has 6 heteroatoms. The molecule has 24 heavy (non-hydrogen) atoms. The lowest BCUT2D eigenvalue weighted by Gasteiger charge is -1.98. The molecule has 3 rings (SSSR count). The first-order valence-corrected chi connectivity index (χ1v) is 8.16. The van der Waals surface area contributed by atoms with Crippen molar-refractivity contribution >= 4 is 23.5 Å². The lowest BCUT2D eigenvalue weighted by atomic mass is 10.2. The number of carbonyl (C=O) groups excluding carboxylic acids is 1. The summed E-state index contributed by atoms with van der Waals surface area (Å²) < 4.78 is 13.4. The SMILES string of the molecule is O=C(Cc1csc(-c2ccccc2)n1)NN=Cc1ccccc1F. The van der Waals surface area contributed by atoms with Crippen LogP contribution in [-0.2, 0) is 11.2 Å². The molecular formula is C18H14FN3OS. The van der Waals surface area contributed by atoms with E-state index in [-0.39, 0.29) is 18.1 Å². The lowest BCUT2D eigenvalue weighted by molar-refractivity contribution is -0.120. The van der Waals surface area contributed by atoms with Gasteiger partial charge < -0.3 is 0 Å². The molecule has 1 amide bonds. The Bertz CT molecular complexity index is 861. The standard InChI is InChI=1S/C18H14FN3OS/c19-16-9-5-4-8-14(16)11-20-22-17(23)10-15-12-24-18(21-15)13-6-2-1-3-7-13/h1-9,11-12H,10H2,(H,22,23). The van der Waals surface area contributed by atoms with Gasteiger partial charge in [-0.3, -0.25) is 4.79 Å². The molecule has 0 aliphatic rings. The molecule has 0 aliphatic heterocycles. The molecular weight excluding hydrogens is 325 g/mol. The molecule has 1 aromatic heterocycles. The third-order valence-corrected chi connectivity index (χ3v) is 4.15. The number of hydrogen-bond acceptors (Lipinski definition) is 4. The molecule has 0 saturated heterocycles. The van der Waals surface area contributed by atoms with Crippen molar-refractivity contribution in [2.75, 3.05) is 0 Å². The van der Waals surface area contributed by atoms with Crippen molar-refractivity contribution in [1.29, 1.82) is 0 Å². The molecule has 1 N–H and O–H groups in total. The van der Waals surface area contributed by atoms with Crippen LogP contribution in [0.25, 0.3) is 10.6 Å². The Balaban J connectivity index is 1.58. The van der Waals surface area contributed by atoms with Gasteiger partial charge in [0.25, 0.3) is 0 Å². The van der Waals surface area contributed by atoms with E-state index in [1.54, 1.807) is 18.2 Å². The highest BCUT2D eigenvalue weighted by Crippen LogP contribution is 2.23. The highest BCUT2D eigenvalue weighted by molar-refractivity contribution is 7.13. The Labute approximate surface area is 142 Å². The molecule has 0 spiro atoms. The number of amides is 1. The number of halogens is 1. The highest BCUT2D eigenvalue weighted by Gasteiger charge is 2.08. The van der Waals surface area contributed by atoms with Gasteiger partial charge in [0.15, 0.2) is 0 Å². The molecule has 120 valence electrons. The van der Waals surface area contributed by atoms with Crippen molar-refractivity contribution in [1.82, 2.24) is 10.4 Å². The molecule has 0 bridgehead atoms. The van der Waals surface area contributed by atoms with Crippen LogP contribution < -0.4 is 5.43 Å². The molecule has 0 unspecified atom stereocenters. The zero-order chi connectivity index (χ0) is 16.8. The number of nitrogens with zero attached hydrogens (tertiary/aromatic N) is 2. The van der Waals surface area contributed by atoms with Gasteiger partial charge in [-0.05, 0) is 6.07 Å². The van der Waals surface area contributed by atoms with E-state index in [2.05, 4.69) is 15.5 Å². The summed E-state index contributed by atoms with van der Waals surface area (Å²) in [7, 11) is 0. The monoisotopic (exact) mass is 339 g/mol. The van der Waals surface area contributed by atoms with Crippen LogP contribution in [0.15, 0.2) is 65.1 Å². The van der Waals surface area contributed by atoms with Crippen LogP contribution in [0.3, 0.4) is 0 Å². The van der Waals surface area contributed by atoms with E-state index in [0.717, 1.165) is 10.6 Å². The summed E-state index contributed by atoms with van der Waals surface area (Å²) in [4.78, 5) is 16.3. The Kier molecular flexibility index (Phi) is 5.08. The number of carbonyl (C=O) groups is 1. The number of thiazole rings is 1. The Hall–Kier alpha value is -2.86. The third-order valence-electron chi connectivity index (χ3n) is 3.21. The van der Waals surface area contributed by atoms with Crippen molar-refractivity contribution in [2.45, 2.75) is 6.42 Å². The number of hydrazone groups is 1. The van der Waals surface area contributed by atoms with Gasteiger partial charge in [0, 0.05) is 16.5 Å². The minimum atomic E-state index is -0.387. The predicted octanol–water partition coefficient (Wildman–Crippen LogP) is 3.64. The zero-order valence-electron chi connectivity index (χ0n) is 12.6. The smallest absolute Gasteiger partial charge is 0.246 e. The summed E-state index contributed by atoms with van der Waals surface area (Å²) in [6.45, 7) is 0. The molecule has 4 nitrogen and oxygen atoms in total. The van der Waals surface area contributed by atoms with Crippen LogP contribution >= 0.6 is 11.3 Å². The molecule has 0 fully saturated rings. The Morgan fingerprint density at radius 2 is 1.92 bits per heavy atom. The summed E-state index contributed by atoms with van der Waals surface area (Å²) in [6.07, 6.45) is 1.40. The van der Waals surface area contributed by atoms with E-state index in [4.69, 9.17) is 0 Å². The molecule has 3 aromatic rings. The maximum atomic E-state index is 13.4. The van der Waals surface area contributed by atoms with E-state index in [9.17, 15) is 9.18 Å². The number of nitrogens with one attached hydrogen (secondary N) is 1. The summed E-state index contributed by atoms with van der Waals surface area (Å²) >= 11 is 1.49. The molecule has 1 heterocycles. The summed E-state index contributed by atoms with van der Waals surface area (Å²) in [5.74, 6) is -0.685. The second-order valence-corrected chi connectivity index (χ2v) is 5.86. The molecule has 0 radical (unpaired) electrons. The maximum absolute atomic E-state index is 13.4. The minimum Gasteiger partial charge on any atom is -0.273 e. The van der Waals surface area contributed by atoms with Gasteiger partial charge in [0.1, 0.15) is 10.8 Å². The topological polar surface area (TPSA) is 54.4 Å². The van der Waals surface area contributed by atoms with Crippen LogP contribution in [-0.4, -0.2) is 17.1 Å². The van der Waals surface area contributed by atoms with E-state index in [0.29, 0.717) is 11.3 Å². The maximum Gasteiger partial charge on any atom is 0.246 e. The van der Waals surface area contributed by atoms with Gasteiger partial charge in [0.05, 0.1) is 18.3 Å². The molecule has 2 aromatic carbocycles. The van der Waals surface area contributed by atoms with E-state index >= 15 is 0 Å².